The summed E-state index contributed by atoms with van der Waals surface area (Å²) in [6, 6.07) is 13.7. The highest BCUT2D eigenvalue weighted by Crippen LogP contribution is 2.25. The molecule has 0 aliphatic heterocycles. The molecule has 0 aromatic heterocycles. The van der Waals surface area contributed by atoms with Crippen LogP contribution in [0.3, 0.4) is 0 Å². The predicted octanol–water partition coefficient (Wildman–Crippen LogP) is 4.73. The van der Waals surface area contributed by atoms with Crippen molar-refractivity contribution in [3.05, 3.63) is 63.6 Å². The fourth-order valence-electron chi connectivity index (χ4n) is 2.27. The van der Waals surface area contributed by atoms with Gasteiger partial charge in [-0.05, 0) is 50.1 Å². The van der Waals surface area contributed by atoms with Crippen LogP contribution in [0, 0.1) is 13.8 Å². The molecule has 2 aromatic rings. The Kier molecular flexibility index (Phi) is 4.61. The first kappa shape index (κ1) is 14.8. The van der Waals surface area contributed by atoms with Crippen molar-refractivity contribution >= 4 is 27.5 Å². The number of rotatable bonds is 3. The van der Waals surface area contributed by atoms with Gasteiger partial charge in [-0.2, -0.15) is 0 Å². The summed E-state index contributed by atoms with van der Waals surface area (Å²) in [6.45, 7) is 6.63. The smallest absolute Gasteiger partial charge is 0.258 e. The van der Waals surface area contributed by atoms with Crippen molar-refractivity contribution in [1.82, 2.24) is 0 Å². The minimum absolute atomic E-state index is 0.0422. The Morgan fingerprint density at radius 3 is 2.45 bits per heavy atom. The summed E-state index contributed by atoms with van der Waals surface area (Å²) in [5, 5.41) is 0. The molecule has 0 unspecified atom stereocenters. The van der Waals surface area contributed by atoms with Crippen molar-refractivity contribution in [2.75, 3.05) is 11.4 Å². The predicted molar refractivity (Wildman–Crippen MR) is 87.4 cm³/mol. The molecule has 104 valence electrons. The number of hydrogen-bond donors (Lipinski definition) is 0. The lowest BCUT2D eigenvalue weighted by Crippen LogP contribution is -2.31. The van der Waals surface area contributed by atoms with Crippen LogP contribution in [0.4, 0.5) is 5.69 Å². The van der Waals surface area contributed by atoms with E-state index in [0.29, 0.717) is 6.54 Å². The Labute approximate surface area is 128 Å². The number of nitrogens with zero attached hydrogens (tertiary/aromatic N) is 1. The molecule has 2 nitrogen and oxygen atoms in total. The monoisotopic (exact) mass is 331 g/mol. The minimum Gasteiger partial charge on any atom is -0.308 e. The molecule has 0 radical (unpaired) electrons. The maximum absolute atomic E-state index is 12.8. The highest BCUT2D eigenvalue weighted by Gasteiger charge is 2.19. The first-order chi connectivity index (χ1) is 9.56. The van der Waals surface area contributed by atoms with Crippen molar-refractivity contribution < 1.29 is 4.79 Å². The van der Waals surface area contributed by atoms with Crippen LogP contribution in [-0.4, -0.2) is 12.5 Å². The van der Waals surface area contributed by atoms with Crippen LogP contribution < -0.4 is 4.90 Å². The summed E-state index contributed by atoms with van der Waals surface area (Å²) < 4.78 is 0.962. The van der Waals surface area contributed by atoms with E-state index in [-0.39, 0.29) is 5.91 Å². The number of amides is 1. The molecule has 0 aliphatic rings. The lowest BCUT2D eigenvalue weighted by Gasteiger charge is -2.24. The van der Waals surface area contributed by atoms with Crippen molar-refractivity contribution in [1.29, 1.82) is 0 Å². The second kappa shape index (κ2) is 6.23. The molecular weight excluding hydrogens is 314 g/mol. The average molecular weight is 332 g/mol. The van der Waals surface area contributed by atoms with Gasteiger partial charge in [-0.3, -0.25) is 4.79 Å². The van der Waals surface area contributed by atoms with E-state index in [4.69, 9.17) is 0 Å². The van der Waals surface area contributed by atoms with E-state index in [9.17, 15) is 4.79 Å². The van der Waals surface area contributed by atoms with Gasteiger partial charge in [-0.25, -0.2) is 0 Å². The normalized spacial score (nSPS) is 10.4. The Morgan fingerprint density at radius 2 is 1.80 bits per heavy atom. The van der Waals surface area contributed by atoms with E-state index >= 15 is 0 Å². The van der Waals surface area contributed by atoms with Crippen molar-refractivity contribution in [3.63, 3.8) is 0 Å². The fraction of sp³-hybridized carbons (Fsp3) is 0.235. The second-order valence-corrected chi connectivity index (χ2v) is 5.60. The highest BCUT2D eigenvalue weighted by molar-refractivity contribution is 9.10. The Morgan fingerprint density at radius 1 is 1.10 bits per heavy atom. The number of halogens is 1. The zero-order chi connectivity index (χ0) is 14.7. The van der Waals surface area contributed by atoms with Crippen LogP contribution in [-0.2, 0) is 0 Å². The molecule has 1 amide bonds. The third kappa shape index (κ3) is 2.78. The standard InChI is InChI=1S/C17H18BrNO/c1-4-19(16-11-6-5-8-12(16)2)17(20)14-9-7-10-15(18)13(14)3/h5-11H,4H2,1-3H3. The first-order valence-corrected chi connectivity index (χ1v) is 7.48. The number of para-hydroxylation sites is 1. The van der Waals surface area contributed by atoms with E-state index in [2.05, 4.69) is 15.9 Å². The fourth-order valence-corrected chi connectivity index (χ4v) is 2.64. The molecule has 0 atom stereocenters. The number of carbonyl (C=O) groups is 1. The number of carbonyl (C=O) groups excluding carboxylic acids is 1. The number of anilines is 1. The highest BCUT2D eigenvalue weighted by atomic mass is 79.9. The van der Waals surface area contributed by atoms with Crippen LogP contribution in [0.1, 0.15) is 28.4 Å². The van der Waals surface area contributed by atoms with E-state index in [1.165, 1.54) is 0 Å². The summed E-state index contributed by atoms with van der Waals surface area (Å²) in [5.41, 5.74) is 3.80. The zero-order valence-electron chi connectivity index (χ0n) is 12.0. The summed E-state index contributed by atoms with van der Waals surface area (Å²) in [4.78, 5) is 14.6. The topological polar surface area (TPSA) is 20.3 Å². The van der Waals surface area contributed by atoms with Gasteiger partial charge in [0.1, 0.15) is 0 Å². The van der Waals surface area contributed by atoms with Gasteiger partial charge < -0.3 is 4.90 Å². The molecule has 0 aliphatic carbocycles. The number of benzene rings is 2. The molecule has 3 heteroatoms. The van der Waals surface area contributed by atoms with E-state index in [0.717, 1.165) is 26.9 Å². The van der Waals surface area contributed by atoms with Crippen LogP contribution in [0.5, 0.6) is 0 Å². The summed E-state index contributed by atoms with van der Waals surface area (Å²) in [5.74, 6) is 0.0422. The molecule has 0 N–H and O–H groups in total. The molecule has 0 fully saturated rings. The summed E-state index contributed by atoms with van der Waals surface area (Å²) >= 11 is 3.49. The summed E-state index contributed by atoms with van der Waals surface area (Å²) in [7, 11) is 0. The Hall–Kier alpha value is -1.61. The number of hydrogen-bond acceptors (Lipinski definition) is 1. The summed E-state index contributed by atoms with van der Waals surface area (Å²) in [6.07, 6.45) is 0. The zero-order valence-corrected chi connectivity index (χ0v) is 13.6. The van der Waals surface area contributed by atoms with Gasteiger partial charge in [0, 0.05) is 22.3 Å². The Bertz CT molecular complexity index is 637. The van der Waals surface area contributed by atoms with Gasteiger partial charge >= 0.3 is 0 Å². The van der Waals surface area contributed by atoms with Crippen LogP contribution in [0.2, 0.25) is 0 Å². The maximum atomic E-state index is 12.8. The van der Waals surface area contributed by atoms with E-state index in [1.807, 2.05) is 68.1 Å². The van der Waals surface area contributed by atoms with Crippen molar-refractivity contribution in [3.8, 4) is 0 Å². The third-order valence-corrected chi connectivity index (χ3v) is 4.32. The largest absolute Gasteiger partial charge is 0.308 e. The van der Waals surface area contributed by atoms with Gasteiger partial charge in [-0.15, -0.1) is 0 Å². The van der Waals surface area contributed by atoms with Gasteiger partial charge in [0.2, 0.25) is 0 Å². The quantitative estimate of drug-likeness (QED) is 0.795. The second-order valence-electron chi connectivity index (χ2n) is 4.75. The molecular formula is C17H18BrNO. The van der Waals surface area contributed by atoms with E-state index < -0.39 is 0 Å². The van der Waals surface area contributed by atoms with Crippen LogP contribution >= 0.6 is 15.9 Å². The Balaban J connectivity index is 2.45. The minimum atomic E-state index is 0.0422. The van der Waals surface area contributed by atoms with Gasteiger partial charge in [-0.1, -0.05) is 40.2 Å². The van der Waals surface area contributed by atoms with Crippen molar-refractivity contribution in [2.45, 2.75) is 20.8 Å². The van der Waals surface area contributed by atoms with E-state index in [1.54, 1.807) is 0 Å². The van der Waals surface area contributed by atoms with Gasteiger partial charge in [0.15, 0.2) is 0 Å². The third-order valence-electron chi connectivity index (χ3n) is 3.47. The average Bonchev–Trinajstić information content (AvgIpc) is 2.44. The molecule has 20 heavy (non-hydrogen) atoms. The van der Waals surface area contributed by atoms with Crippen LogP contribution in [0.15, 0.2) is 46.9 Å². The molecule has 0 spiro atoms. The molecule has 2 rings (SSSR count). The molecule has 0 heterocycles. The molecule has 0 saturated heterocycles. The van der Waals surface area contributed by atoms with Gasteiger partial charge in [0.05, 0.1) is 0 Å². The van der Waals surface area contributed by atoms with Crippen LogP contribution in [0.25, 0.3) is 0 Å². The van der Waals surface area contributed by atoms with Gasteiger partial charge in [0.25, 0.3) is 5.91 Å². The molecule has 0 saturated carbocycles. The van der Waals surface area contributed by atoms with Crippen molar-refractivity contribution in [2.24, 2.45) is 0 Å². The SMILES string of the molecule is CCN(C(=O)c1cccc(Br)c1C)c1ccccc1C. The lowest BCUT2D eigenvalue weighted by atomic mass is 10.1. The molecule has 2 aromatic carbocycles. The maximum Gasteiger partial charge on any atom is 0.258 e. The first-order valence-electron chi connectivity index (χ1n) is 6.69. The lowest BCUT2D eigenvalue weighted by molar-refractivity contribution is 0.0987. The molecule has 0 bridgehead atoms. The number of aryl methyl sites for hydroxylation is 1.